The van der Waals surface area contributed by atoms with E-state index in [1.54, 1.807) is 33.2 Å². The van der Waals surface area contributed by atoms with Crippen molar-refractivity contribution in [3.63, 3.8) is 0 Å². The molecule has 3 amide bonds. The van der Waals surface area contributed by atoms with Gasteiger partial charge in [-0.25, -0.2) is 9.48 Å². The van der Waals surface area contributed by atoms with Gasteiger partial charge in [0, 0.05) is 19.3 Å². The molecule has 1 aromatic rings. The molecule has 10 nitrogen and oxygen atoms in total. The van der Waals surface area contributed by atoms with Gasteiger partial charge in [-0.2, -0.15) is 5.10 Å². The molecule has 10 heteroatoms. The number of aromatic nitrogens is 2. The van der Waals surface area contributed by atoms with Crippen LogP contribution in [0.5, 0.6) is 5.88 Å². The lowest BCUT2D eigenvalue weighted by atomic mass is 9.52. The number of hydrogen-bond donors (Lipinski definition) is 3. The Bertz CT molecular complexity index is 1010. The molecule has 0 aromatic carbocycles. The molecule has 4 aliphatic rings. The largest absolute Gasteiger partial charge is 0.474 e. The molecule has 35 heavy (non-hydrogen) atoms. The van der Waals surface area contributed by atoms with Gasteiger partial charge in [0.1, 0.15) is 11.2 Å². The molecular weight excluding hydrogens is 450 g/mol. The van der Waals surface area contributed by atoms with Gasteiger partial charge in [-0.1, -0.05) is 6.08 Å². The minimum Gasteiger partial charge on any atom is -0.474 e. The molecule has 4 bridgehead atoms. The van der Waals surface area contributed by atoms with Crippen LogP contribution in [-0.4, -0.2) is 52.5 Å². The Morgan fingerprint density at radius 2 is 1.89 bits per heavy atom. The molecule has 2 atom stereocenters. The summed E-state index contributed by atoms with van der Waals surface area (Å²) < 4.78 is 13.1. The summed E-state index contributed by atoms with van der Waals surface area (Å²) in [4.78, 5) is 37.1. The number of carbonyl (C=O) groups excluding carboxylic acids is 3. The van der Waals surface area contributed by atoms with Crippen molar-refractivity contribution >= 4 is 24.1 Å². The van der Waals surface area contributed by atoms with E-state index in [2.05, 4.69) is 15.7 Å². The minimum atomic E-state index is -0.762. The van der Waals surface area contributed by atoms with Gasteiger partial charge in [0.2, 0.25) is 11.8 Å². The predicted octanol–water partition coefficient (Wildman–Crippen LogP) is 2.69. The summed E-state index contributed by atoms with van der Waals surface area (Å²) in [6.07, 6.45) is 8.31. The smallest absolute Gasteiger partial charge is 0.405 e. The molecular formula is C25H37N5O5. The first-order valence-corrected chi connectivity index (χ1v) is 12.4. The van der Waals surface area contributed by atoms with Gasteiger partial charge in [-0.15, -0.1) is 0 Å². The van der Waals surface area contributed by atoms with Crippen LogP contribution in [0.15, 0.2) is 12.3 Å². The Labute approximate surface area is 206 Å². The molecule has 0 saturated heterocycles. The topological polar surface area (TPSA) is 138 Å². The van der Waals surface area contributed by atoms with Gasteiger partial charge in [0.25, 0.3) is 5.91 Å². The average molecular weight is 488 g/mol. The van der Waals surface area contributed by atoms with Gasteiger partial charge in [0.05, 0.1) is 17.7 Å². The van der Waals surface area contributed by atoms with Crippen molar-refractivity contribution in [2.45, 2.75) is 77.5 Å². The lowest BCUT2D eigenvalue weighted by Gasteiger charge is -2.58. The Hall–Kier alpha value is -3.04. The number of amides is 3. The van der Waals surface area contributed by atoms with E-state index in [1.807, 2.05) is 13.8 Å². The van der Waals surface area contributed by atoms with E-state index in [0.717, 1.165) is 32.1 Å². The number of rotatable bonds is 8. The predicted molar refractivity (Wildman–Crippen MR) is 129 cm³/mol. The van der Waals surface area contributed by atoms with Crippen LogP contribution in [0.25, 0.3) is 6.20 Å². The van der Waals surface area contributed by atoms with Crippen LogP contribution in [0.1, 0.15) is 70.2 Å². The zero-order valence-electron chi connectivity index (χ0n) is 21.2. The molecule has 4 fully saturated rings. The van der Waals surface area contributed by atoms with Crippen molar-refractivity contribution in [3.8, 4) is 5.88 Å². The summed E-state index contributed by atoms with van der Waals surface area (Å²) >= 11 is 0. The van der Waals surface area contributed by atoms with E-state index in [0.29, 0.717) is 17.4 Å². The fourth-order valence-electron chi connectivity index (χ4n) is 6.36. The van der Waals surface area contributed by atoms with E-state index >= 15 is 0 Å². The molecule has 0 radical (unpaired) electrons. The summed E-state index contributed by atoms with van der Waals surface area (Å²) in [6, 6.07) is 0.00151. The van der Waals surface area contributed by atoms with Crippen molar-refractivity contribution in [1.82, 2.24) is 20.4 Å². The van der Waals surface area contributed by atoms with Crippen LogP contribution in [0.4, 0.5) is 4.79 Å². The number of nitrogens with zero attached hydrogens (tertiary/aromatic N) is 2. The second-order valence-corrected chi connectivity index (χ2v) is 11.2. The molecule has 4 aliphatic carbocycles. The number of hydrogen-bond acceptors (Lipinski definition) is 6. The van der Waals surface area contributed by atoms with Crippen molar-refractivity contribution < 1.29 is 23.9 Å². The van der Waals surface area contributed by atoms with E-state index in [-0.39, 0.29) is 35.8 Å². The second-order valence-electron chi connectivity index (χ2n) is 11.2. The maximum atomic E-state index is 13.4. The maximum absolute atomic E-state index is 13.4. The van der Waals surface area contributed by atoms with Crippen LogP contribution in [0.3, 0.4) is 0 Å². The molecule has 192 valence electrons. The number of primary amides is 1. The lowest BCUT2D eigenvalue weighted by molar-refractivity contribution is -0.137. The van der Waals surface area contributed by atoms with Crippen molar-refractivity contribution in [2.24, 2.45) is 28.9 Å². The van der Waals surface area contributed by atoms with Crippen LogP contribution in [0.2, 0.25) is 0 Å². The zero-order valence-corrected chi connectivity index (χ0v) is 21.2. The summed E-state index contributed by atoms with van der Waals surface area (Å²) in [5.41, 5.74) is 4.46. The van der Waals surface area contributed by atoms with E-state index in [4.69, 9.17) is 15.2 Å². The Balaban J connectivity index is 1.53. The van der Waals surface area contributed by atoms with Gasteiger partial charge in [-0.05, 0) is 77.6 Å². The average Bonchev–Trinajstić information content (AvgIpc) is 3.14. The quantitative estimate of drug-likeness (QED) is 0.515. The van der Waals surface area contributed by atoms with Crippen LogP contribution < -0.4 is 21.1 Å². The highest BCUT2D eigenvalue weighted by Gasteiger charge is 2.57. The fourth-order valence-corrected chi connectivity index (χ4v) is 6.36. The molecule has 1 aromatic heterocycles. The number of nitrogens with one attached hydrogen (secondary N) is 2. The van der Waals surface area contributed by atoms with Gasteiger partial charge in [-0.3, -0.25) is 9.59 Å². The molecule has 5 rings (SSSR count). The molecule has 1 heterocycles. The summed E-state index contributed by atoms with van der Waals surface area (Å²) in [7, 11) is 1.59. The Morgan fingerprint density at radius 3 is 2.46 bits per heavy atom. The third-order valence-electron chi connectivity index (χ3n) is 7.62. The first-order chi connectivity index (χ1) is 16.4. The Kier molecular flexibility index (Phi) is 6.59. The number of nitrogens with two attached hydrogens (primary N) is 1. The first-order valence-electron chi connectivity index (χ1n) is 12.4. The number of carbonyl (C=O) groups is 3. The zero-order chi connectivity index (χ0) is 25.5. The molecule has 4 N–H and O–H groups in total. The highest BCUT2D eigenvalue weighted by Crippen LogP contribution is 2.57. The summed E-state index contributed by atoms with van der Waals surface area (Å²) in [6.45, 7) is 7.35. The van der Waals surface area contributed by atoms with Crippen molar-refractivity contribution in [2.75, 3.05) is 7.05 Å². The maximum Gasteiger partial charge on any atom is 0.405 e. The standard InChI is InChI=1S/C25H37N5O5/c1-14(2)34-21-18(13-28-30(21)7-6-24(3,4)22(32)27-5)20(31)29-19-16-8-15-9-17(19)12-25(10-15,11-16)35-23(26)33/h6-7,13-17,19H,8-12H2,1-5H3,(H2,26,33)(H,27,32)(H,29,31)/b7-6+/t15?,16?,17?,19-,25-. The van der Waals surface area contributed by atoms with E-state index in [9.17, 15) is 14.4 Å². The van der Waals surface area contributed by atoms with Crippen molar-refractivity contribution in [3.05, 3.63) is 17.8 Å². The number of ether oxygens (including phenoxy) is 2. The first kappa shape index (κ1) is 25.1. The van der Waals surface area contributed by atoms with Crippen molar-refractivity contribution in [1.29, 1.82) is 0 Å². The molecule has 2 unspecified atom stereocenters. The van der Waals surface area contributed by atoms with Crippen LogP contribution >= 0.6 is 0 Å². The van der Waals surface area contributed by atoms with Crippen LogP contribution in [0, 0.1) is 23.2 Å². The normalized spacial score (nSPS) is 29.4. The molecule has 0 spiro atoms. The third kappa shape index (κ3) is 5.01. The summed E-state index contributed by atoms with van der Waals surface area (Å²) in [5.74, 6) is 0.929. The van der Waals surface area contributed by atoms with E-state index in [1.165, 1.54) is 10.9 Å². The van der Waals surface area contributed by atoms with Crippen LogP contribution in [-0.2, 0) is 9.53 Å². The highest BCUT2D eigenvalue weighted by atomic mass is 16.6. The van der Waals surface area contributed by atoms with Gasteiger partial charge >= 0.3 is 6.09 Å². The minimum absolute atomic E-state index is 0.00151. The SMILES string of the molecule is CNC(=O)C(C)(C)/C=C/n1ncc(C(=O)N[C@H]2C3CC4CC2C[C@](OC(N)=O)(C4)C3)c1OC(C)C. The van der Waals surface area contributed by atoms with Gasteiger partial charge in [0.15, 0.2) is 0 Å². The Morgan fingerprint density at radius 1 is 1.23 bits per heavy atom. The monoisotopic (exact) mass is 487 g/mol. The van der Waals surface area contributed by atoms with E-state index < -0.39 is 17.1 Å². The third-order valence-corrected chi connectivity index (χ3v) is 7.62. The summed E-state index contributed by atoms with van der Waals surface area (Å²) in [5, 5.41) is 10.2. The fraction of sp³-hybridized carbons (Fsp3) is 0.680. The van der Waals surface area contributed by atoms with Gasteiger partial charge < -0.3 is 25.8 Å². The highest BCUT2D eigenvalue weighted by molar-refractivity contribution is 5.96. The lowest BCUT2D eigenvalue weighted by Crippen LogP contribution is -2.63. The molecule has 4 saturated carbocycles. The molecule has 0 aliphatic heterocycles. The second kappa shape index (κ2) is 9.20.